The molecule has 3 rings (SSSR count). The van der Waals surface area contributed by atoms with Crippen LogP contribution in [0, 0.1) is 17.3 Å². The number of hydrogen-bond donors (Lipinski definition) is 0. The highest BCUT2D eigenvalue weighted by atomic mass is 32.2. The van der Waals surface area contributed by atoms with E-state index in [1.807, 2.05) is 6.07 Å². The Morgan fingerprint density at radius 3 is 2.16 bits per heavy atom. The Labute approximate surface area is 153 Å². The summed E-state index contributed by atoms with van der Waals surface area (Å²) in [6.07, 6.45) is 3.97. The molecule has 1 aromatic rings. The molecule has 2 aliphatic rings. The normalized spacial score (nSPS) is 28.8. The number of benzene rings is 1. The molecule has 2 nitrogen and oxygen atoms in total. The van der Waals surface area contributed by atoms with Crippen molar-refractivity contribution in [2.75, 3.05) is 0 Å². The third kappa shape index (κ3) is 3.20. The van der Waals surface area contributed by atoms with Crippen LogP contribution in [-0.4, -0.2) is 13.7 Å². The summed E-state index contributed by atoms with van der Waals surface area (Å²) in [5.74, 6) is 0.596. The van der Waals surface area contributed by atoms with E-state index in [4.69, 9.17) is 0 Å². The van der Waals surface area contributed by atoms with E-state index in [1.54, 1.807) is 0 Å². The molecule has 0 saturated heterocycles. The van der Waals surface area contributed by atoms with Crippen LogP contribution in [0.1, 0.15) is 66.0 Å². The summed E-state index contributed by atoms with van der Waals surface area (Å²) in [4.78, 5) is 0.569. The Morgan fingerprint density at radius 2 is 1.60 bits per heavy atom. The predicted octanol–water partition coefficient (Wildman–Crippen LogP) is 5.31. The van der Waals surface area contributed by atoms with Crippen molar-refractivity contribution in [3.63, 3.8) is 0 Å². The average Bonchev–Trinajstić information content (AvgIpc) is 2.46. The summed E-state index contributed by atoms with van der Waals surface area (Å²) in [7, 11) is -3.33. The third-order valence-electron chi connectivity index (χ3n) is 6.08. The summed E-state index contributed by atoms with van der Waals surface area (Å²) in [6.45, 7) is 15.2. The van der Waals surface area contributed by atoms with E-state index in [-0.39, 0.29) is 22.0 Å². The predicted molar refractivity (Wildman–Crippen MR) is 105 cm³/mol. The number of sulfone groups is 1. The van der Waals surface area contributed by atoms with Crippen LogP contribution in [0.25, 0.3) is 0 Å². The average molecular weight is 361 g/mol. The van der Waals surface area contributed by atoms with Crippen LogP contribution in [0.3, 0.4) is 0 Å². The van der Waals surface area contributed by atoms with Crippen LogP contribution in [0.15, 0.2) is 34.7 Å². The van der Waals surface area contributed by atoms with Crippen molar-refractivity contribution in [2.24, 2.45) is 17.3 Å². The van der Waals surface area contributed by atoms with Crippen LogP contribution in [0.4, 0.5) is 0 Å². The van der Waals surface area contributed by atoms with Crippen LogP contribution in [0.2, 0.25) is 0 Å². The zero-order valence-corrected chi connectivity index (χ0v) is 17.5. The highest BCUT2D eigenvalue weighted by molar-refractivity contribution is 7.92. The molecule has 1 heterocycles. The van der Waals surface area contributed by atoms with Gasteiger partial charge in [0.15, 0.2) is 9.84 Å². The van der Waals surface area contributed by atoms with Crippen molar-refractivity contribution in [1.82, 2.24) is 0 Å². The van der Waals surface area contributed by atoms with Gasteiger partial charge in [0, 0.05) is 0 Å². The molecule has 0 saturated carbocycles. The summed E-state index contributed by atoms with van der Waals surface area (Å²) in [5, 5.41) is -0.367. The fourth-order valence-corrected chi connectivity index (χ4v) is 6.53. The van der Waals surface area contributed by atoms with E-state index in [2.05, 4.69) is 66.7 Å². The lowest BCUT2D eigenvalue weighted by molar-refractivity contribution is 0.302. The minimum Gasteiger partial charge on any atom is -0.223 e. The van der Waals surface area contributed by atoms with E-state index in [0.717, 1.165) is 24.0 Å². The molecule has 0 fully saturated rings. The van der Waals surface area contributed by atoms with Gasteiger partial charge in [-0.25, -0.2) is 8.42 Å². The highest BCUT2D eigenvalue weighted by Gasteiger charge is 2.45. The molecule has 3 heteroatoms. The van der Waals surface area contributed by atoms with Gasteiger partial charge in [0.1, 0.15) is 0 Å². The van der Waals surface area contributed by atoms with Gasteiger partial charge < -0.3 is 0 Å². The maximum atomic E-state index is 13.5. The molecule has 138 valence electrons. The van der Waals surface area contributed by atoms with E-state index < -0.39 is 9.84 Å². The Hall–Kier alpha value is -1.09. The first-order chi connectivity index (χ1) is 11.3. The van der Waals surface area contributed by atoms with Crippen molar-refractivity contribution < 1.29 is 8.42 Å². The molecule has 0 N–H and O–H groups in total. The second kappa shape index (κ2) is 5.70. The number of fused-ring (bicyclic) bond motifs is 2. The van der Waals surface area contributed by atoms with E-state index in [1.165, 1.54) is 5.57 Å². The Bertz CT molecular complexity index is 817. The van der Waals surface area contributed by atoms with Crippen molar-refractivity contribution in [3.8, 4) is 0 Å². The fraction of sp³-hybridized carbons (Fsp3) is 0.636. The maximum absolute atomic E-state index is 13.5. The minimum absolute atomic E-state index is 0.0300. The molecule has 25 heavy (non-hydrogen) atoms. The molecule has 0 spiro atoms. The first-order valence-electron chi connectivity index (χ1n) is 9.40. The molecule has 1 aromatic carbocycles. The third-order valence-corrected chi connectivity index (χ3v) is 8.27. The summed E-state index contributed by atoms with van der Waals surface area (Å²) >= 11 is 0. The molecule has 1 aliphatic heterocycles. The molecule has 3 unspecified atom stereocenters. The lowest BCUT2D eigenvalue weighted by Gasteiger charge is -2.42. The SMILES string of the molecule is CC1CC(C(C)(C)C)=CC2C1Cc1ccc(C(C)(C)C)cc1S2(=O)=O. The van der Waals surface area contributed by atoms with E-state index in [9.17, 15) is 8.42 Å². The lowest BCUT2D eigenvalue weighted by atomic mass is 9.70. The number of hydrogen-bond acceptors (Lipinski definition) is 2. The maximum Gasteiger partial charge on any atom is 0.185 e. The van der Waals surface area contributed by atoms with Crippen molar-refractivity contribution in [2.45, 2.75) is 76.9 Å². The standard InChI is InChI=1S/C22H32O2S/c1-14-10-17(22(5,6)7)13-20-18(14)11-15-8-9-16(21(2,3)4)12-19(15)25(20,23)24/h8-9,12-14,18,20H,10-11H2,1-7H3. The minimum atomic E-state index is -3.33. The second-order valence-electron chi connectivity index (χ2n) is 10.1. The lowest BCUT2D eigenvalue weighted by Crippen LogP contribution is -2.42. The summed E-state index contributed by atoms with van der Waals surface area (Å²) < 4.78 is 27.0. The zero-order valence-electron chi connectivity index (χ0n) is 16.7. The monoisotopic (exact) mass is 360 g/mol. The molecule has 0 radical (unpaired) electrons. The van der Waals surface area contributed by atoms with Gasteiger partial charge in [-0.05, 0) is 52.7 Å². The van der Waals surface area contributed by atoms with Gasteiger partial charge in [-0.15, -0.1) is 0 Å². The molecular formula is C22H32O2S. The van der Waals surface area contributed by atoms with Crippen LogP contribution >= 0.6 is 0 Å². The quantitative estimate of drug-likeness (QED) is 0.587. The van der Waals surface area contributed by atoms with Crippen LogP contribution in [0.5, 0.6) is 0 Å². The van der Waals surface area contributed by atoms with E-state index >= 15 is 0 Å². The van der Waals surface area contributed by atoms with Crippen LogP contribution < -0.4 is 0 Å². The first kappa shape index (κ1) is 18.7. The molecule has 0 aromatic heterocycles. The van der Waals surface area contributed by atoms with Crippen molar-refractivity contribution in [3.05, 3.63) is 41.0 Å². The van der Waals surface area contributed by atoms with Gasteiger partial charge >= 0.3 is 0 Å². The molecule has 1 aliphatic carbocycles. The molecular weight excluding hydrogens is 328 g/mol. The number of allylic oxidation sites excluding steroid dienone is 1. The first-order valence-corrected chi connectivity index (χ1v) is 10.9. The Balaban J connectivity index is 2.16. The highest BCUT2D eigenvalue weighted by Crippen LogP contribution is 2.46. The molecule has 3 atom stereocenters. The van der Waals surface area contributed by atoms with Crippen molar-refractivity contribution in [1.29, 1.82) is 0 Å². The smallest absolute Gasteiger partial charge is 0.185 e. The fourth-order valence-electron chi connectivity index (χ4n) is 4.26. The van der Waals surface area contributed by atoms with Crippen molar-refractivity contribution >= 4 is 9.84 Å². The Kier molecular flexibility index (Phi) is 4.27. The van der Waals surface area contributed by atoms with Gasteiger partial charge in [-0.2, -0.15) is 0 Å². The zero-order chi connectivity index (χ0) is 18.8. The van der Waals surface area contributed by atoms with Gasteiger partial charge in [0.2, 0.25) is 0 Å². The van der Waals surface area contributed by atoms with Gasteiger partial charge in [-0.3, -0.25) is 0 Å². The largest absolute Gasteiger partial charge is 0.223 e. The second-order valence-corrected chi connectivity index (χ2v) is 12.1. The summed E-state index contributed by atoms with van der Waals surface area (Å²) in [5.41, 5.74) is 3.38. The topological polar surface area (TPSA) is 34.1 Å². The Morgan fingerprint density at radius 1 is 0.960 bits per heavy atom. The van der Waals surface area contributed by atoms with Gasteiger partial charge in [0.05, 0.1) is 10.1 Å². The summed E-state index contributed by atoms with van der Waals surface area (Å²) in [6, 6.07) is 6.10. The number of rotatable bonds is 0. The molecule has 0 amide bonds. The van der Waals surface area contributed by atoms with Crippen LogP contribution in [-0.2, 0) is 21.7 Å². The van der Waals surface area contributed by atoms with Gasteiger partial charge in [0.25, 0.3) is 0 Å². The van der Waals surface area contributed by atoms with Gasteiger partial charge in [-0.1, -0.05) is 72.2 Å². The van der Waals surface area contributed by atoms with E-state index in [0.29, 0.717) is 10.8 Å². The molecule has 0 bridgehead atoms.